The summed E-state index contributed by atoms with van der Waals surface area (Å²) in [5.74, 6) is 0.760. The van der Waals surface area contributed by atoms with Crippen LogP contribution in [0.4, 0.5) is 11.5 Å². The van der Waals surface area contributed by atoms with Crippen LogP contribution in [0, 0.1) is 0 Å². The quantitative estimate of drug-likeness (QED) is 0.352. The van der Waals surface area contributed by atoms with Gasteiger partial charge in [0, 0.05) is 47.6 Å². The average Bonchev–Trinajstić information content (AvgIpc) is 3.49. The zero-order valence-electron chi connectivity index (χ0n) is 19.5. The van der Waals surface area contributed by atoms with Gasteiger partial charge in [-0.05, 0) is 35.4 Å². The molecule has 0 aliphatic heterocycles. The minimum atomic E-state index is -0.0116. The van der Waals surface area contributed by atoms with E-state index in [2.05, 4.69) is 32.2 Å². The number of hydrogen-bond donors (Lipinski definition) is 1. The highest BCUT2D eigenvalue weighted by Crippen LogP contribution is 2.34. The van der Waals surface area contributed by atoms with Crippen LogP contribution in [-0.4, -0.2) is 36.3 Å². The smallest absolute Gasteiger partial charge is 0.250 e. The Morgan fingerprint density at radius 2 is 1.78 bits per heavy atom. The van der Waals surface area contributed by atoms with Crippen molar-refractivity contribution in [1.29, 1.82) is 0 Å². The van der Waals surface area contributed by atoms with Crippen molar-refractivity contribution in [2.24, 2.45) is 0 Å². The SMILES string of the molecule is CN(c1ncnc2nn(Cc3ccc(Cn4ccccc4=O)cc3)cc12)c1c[nH]c2ccc(Cl)cc12. The summed E-state index contributed by atoms with van der Waals surface area (Å²) in [7, 11) is 1.97. The van der Waals surface area contributed by atoms with Crippen molar-refractivity contribution in [2.75, 3.05) is 11.9 Å². The fourth-order valence-corrected chi connectivity index (χ4v) is 4.59. The molecule has 2 aromatic carbocycles. The van der Waals surface area contributed by atoms with E-state index in [1.807, 2.05) is 65.4 Å². The molecule has 9 heteroatoms. The average molecular weight is 496 g/mol. The van der Waals surface area contributed by atoms with E-state index in [4.69, 9.17) is 11.6 Å². The van der Waals surface area contributed by atoms with Crippen LogP contribution in [0.25, 0.3) is 21.9 Å². The molecular formula is C27H22ClN7O. The molecule has 4 aromatic heterocycles. The highest BCUT2D eigenvalue weighted by molar-refractivity contribution is 6.31. The van der Waals surface area contributed by atoms with Crippen LogP contribution in [-0.2, 0) is 13.1 Å². The topological polar surface area (TPSA) is 84.6 Å². The van der Waals surface area contributed by atoms with Crippen molar-refractivity contribution in [3.63, 3.8) is 0 Å². The first kappa shape index (κ1) is 22.1. The number of anilines is 2. The third-order valence-corrected chi connectivity index (χ3v) is 6.50. The van der Waals surface area contributed by atoms with E-state index < -0.39 is 0 Å². The molecule has 0 spiro atoms. The highest BCUT2D eigenvalue weighted by Gasteiger charge is 2.17. The first-order chi connectivity index (χ1) is 17.5. The minimum absolute atomic E-state index is 0.0116. The molecule has 0 aliphatic carbocycles. The molecule has 0 amide bonds. The maximum absolute atomic E-state index is 12.0. The summed E-state index contributed by atoms with van der Waals surface area (Å²) >= 11 is 6.24. The van der Waals surface area contributed by atoms with Gasteiger partial charge in [-0.25, -0.2) is 9.97 Å². The molecule has 36 heavy (non-hydrogen) atoms. The summed E-state index contributed by atoms with van der Waals surface area (Å²) in [5, 5.41) is 7.23. The molecule has 6 aromatic rings. The lowest BCUT2D eigenvalue weighted by atomic mass is 10.1. The van der Waals surface area contributed by atoms with Gasteiger partial charge in [-0.2, -0.15) is 5.10 Å². The Morgan fingerprint density at radius 3 is 2.58 bits per heavy atom. The summed E-state index contributed by atoms with van der Waals surface area (Å²) in [5.41, 5.74) is 4.75. The Kier molecular flexibility index (Phi) is 5.50. The van der Waals surface area contributed by atoms with Crippen LogP contribution in [0.2, 0.25) is 5.02 Å². The molecule has 0 aliphatic rings. The largest absolute Gasteiger partial charge is 0.359 e. The first-order valence-corrected chi connectivity index (χ1v) is 11.8. The van der Waals surface area contributed by atoms with Crippen LogP contribution in [0.1, 0.15) is 11.1 Å². The molecule has 0 fully saturated rings. The van der Waals surface area contributed by atoms with Gasteiger partial charge in [-0.3, -0.25) is 9.48 Å². The molecule has 0 atom stereocenters. The van der Waals surface area contributed by atoms with E-state index in [9.17, 15) is 4.79 Å². The van der Waals surface area contributed by atoms with Crippen molar-refractivity contribution < 1.29 is 0 Å². The third kappa shape index (κ3) is 4.12. The summed E-state index contributed by atoms with van der Waals surface area (Å²) in [6, 6.07) is 19.2. The van der Waals surface area contributed by atoms with Gasteiger partial charge in [-0.15, -0.1) is 0 Å². The number of nitrogens with one attached hydrogen (secondary N) is 1. The number of rotatable bonds is 6. The number of H-pyrrole nitrogens is 1. The zero-order valence-corrected chi connectivity index (χ0v) is 20.2. The number of pyridine rings is 1. The lowest BCUT2D eigenvalue weighted by Gasteiger charge is -2.17. The number of aromatic nitrogens is 6. The van der Waals surface area contributed by atoms with Crippen molar-refractivity contribution in [1.82, 2.24) is 29.3 Å². The Bertz CT molecular complexity index is 1750. The van der Waals surface area contributed by atoms with Gasteiger partial charge in [-0.1, -0.05) is 41.9 Å². The van der Waals surface area contributed by atoms with Gasteiger partial charge >= 0.3 is 0 Å². The second kappa shape index (κ2) is 8.98. The molecular weight excluding hydrogens is 474 g/mol. The summed E-state index contributed by atoms with van der Waals surface area (Å²) in [6.07, 6.45) is 7.25. The summed E-state index contributed by atoms with van der Waals surface area (Å²) in [6.45, 7) is 1.13. The van der Waals surface area contributed by atoms with Crippen LogP contribution in [0.5, 0.6) is 0 Å². The minimum Gasteiger partial charge on any atom is -0.359 e. The second-order valence-electron chi connectivity index (χ2n) is 8.67. The first-order valence-electron chi connectivity index (χ1n) is 11.5. The maximum atomic E-state index is 12.0. The van der Waals surface area contributed by atoms with Crippen LogP contribution in [0.15, 0.2) is 90.4 Å². The van der Waals surface area contributed by atoms with E-state index >= 15 is 0 Å². The van der Waals surface area contributed by atoms with Crippen LogP contribution >= 0.6 is 11.6 Å². The highest BCUT2D eigenvalue weighted by atomic mass is 35.5. The second-order valence-corrected chi connectivity index (χ2v) is 9.10. The Morgan fingerprint density at radius 1 is 0.972 bits per heavy atom. The lowest BCUT2D eigenvalue weighted by Crippen LogP contribution is -2.18. The van der Waals surface area contributed by atoms with Gasteiger partial charge in [0.25, 0.3) is 5.56 Å². The molecule has 0 saturated heterocycles. The number of aromatic amines is 1. The predicted molar refractivity (Wildman–Crippen MR) is 142 cm³/mol. The van der Waals surface area contributed by atoms with Crippen molar-refractivity contribution in [3.8, 4) is 0 Å². The Labute approximate surface area is 211 Å². The summed E-state index contributed by atoms with van der Waals surface area (Å²) in [4.78, 5) is 26.2. The van der Waals surface area contributed by atoms with Gasteiger partial charge in [0.05, 0.1) is 24.2 Å². The third-order valence-electron chi connectivity index (χ3n) is 6.26. The number of fused-ring (bicyclic) bond motifs is 2. The lowest BCUT2D eigenvalue weighted by molar-refractivity contribution is 0.692. The predicted octanol–water partition coefficient (Wildman–Crippen LogP) is 4.99. The molecule has 4 heterocycles. The Hall–Kier alpha value is -4.43. The fourth-order valence-electron chi connectivity index (χ4n) is 4.42. The van der Waals surface area contributed by atoms with E-state index in [-0.39, 0.29) is 5.56 Å². The van der Waals surface area contributed by atoms with Gasteiger partial charge in [0.1, 0.15) is 12.1 Å². The molecule has 0 unspecified atom stereocenters. The van der Waals surface area contributed by atoms with Crippen molar-refractivity contribution >= 4 is 45.0 Å². The molecule has 1 N–H and O–H groups in total. The Balaban J connectivity index is 1.26. The van der Waals surface area contributed by atoms with Crippen molar-refractivity contribution in [2.45, 2.75) is 13.1 Å². The molecule has 0 saturated carbocycles. The van der Waals surface area contributed by atoms with Crippen LogP contribution < -0.4 is 10.5 Å². The normalized spacial score (nSPS) is 11.4. The van der Waals surface area contributed by atoms with Gasteiger partial charge < -0.3 is 14.5 Å². The standard InChI is InChI=1S/C27H22ClN7O/c1-33(24-13-29-23-10-9-20(28)12-21(23)24)27-22-16-35(32-26(22)30-17-31-27)15-19-7-5-18(6-8-19)14-34-11-3-2-4-25(34)36/h2-13,16-17,29H,14-15H2,1H3. The van der Waals surface area contributed by atoms with E-state index in [1.54, 1.807) is 22.9 Å². The molecule has 0 radical (unpaired) electrons. The number of halogens is 1. The van der Waals surface area contributed by atoms with E-state index in [0.717, 1.165) is 38.9 Å². The molecule has 0 bridgehead atoms. The number of nitrogens with zero attached hydrogens (tertiary/aromatic N) is 6. The number of hydrogen-bond acceptors (Lipinski definition) is 5. The summed E-state index contributed by atoms with van der Waals surface area (Å²) < 4.78 is 3.56. The van der Waals surface area contributed by atoms with Gasteiger partial charge in [0.15, 0.2) is 5.65 Å². The van der Waals surface area contributed by atoms with Gasteiger partial charge in [0.2, 0.25) is 0 Å². The monoisotopic (exact) mass is 495 g/mol. The molecule has 8 nitrogen and oxygen atoms in total. The molecule has 178 valence electrons. The zero-order chi connectivity index (χ0) is 24.6. The number of benzene rings is 2. The van der Waals surface area contributed by atoms with E-state index in [0.29, 0.717) is 23.8 Å². The van der Waals surface area contributed by atoms with E-state index in [1.165, 1.54) is 6.33 Å². The molecule has 6 rings (SSSR count). The van der Waals surface area contributed by atoms with Crippen molar-refractivity contribution in [3.05, 3.63) is 112 Å². The maximum Gasteiger partial charge on any atom is 0.250 e. The fraction of sp³-hybridized carbons (Fsp3) is 0.111. The van der Waals surface area contributed by atoms with Crippen LogP contribution in [0.3, 0.4) is 0 Å².